The van der Waals surface area contributed by atoms with E-state index in [4.69, 9.17) is 0 Å². The molecule has 0 radical (unpaired) electrons. The minimum atomic E-state index is -3.81. The maximum atomic E-state index is 12.6. The van der Waals surface area contributed by atoms with Crippen LogP contribution >= 0.6 is 15.9 Å². The number of aromatic nitrogens is 2. The molecule has 144 valence electrons. The van der Waals surface area contributed by atoms with Gasteiger partial charge in [0.25, 0.3) is 15.9 Å². The molecular formula is C19H17BrN4O3S. The standard InChI is InChI=1S/C19H17BrN4O3S/c1-12-10-18(22-13(2)21-12)24-28(26,27)17-8-6-16(7-9-17)23-19(25)14-4-3-5-15(20)11-14/h3-11H,1-2H3,(H,23,25)(H,21,22,24). The number of aryl methyl sites for hydroxylation is 2. The average Bonchev–Trinajstić information content (AvgIpc) is 2.61. The van der Waals surface area contributed by atoms with Crippen molar-refractivity contribution in [3.8, 4) is 0 Å². The number of rotatable bonds is 5. The van der Waals surface area contributed by atoms with Gasteiger partial charge in [-0.25, -0.2) is 18.4 Å². The number of anilines is 2. The van der Waals surface area contributed by atoms with Gasteiger partial charge in [0.05, 0.1) is 4.90 Å². The Morgan fingerprint density at radius 3 is 2.36 bits per heavy atom. The van der Waals surface area contributed by atoms with Crippen molar-refractivity contribution in [3.05, 3.63) is 76.2 Å². The van der Waals surface area contributed by atoms with Crippen molar-refractivity contribution in [2.45, 2.75) is 18.7 Å². The molecule has 0 unspecified atom stereocenters. The third kappa shape index (κ3) is 4.93. The molecule has 0 aliphatic heterocycles. The van der Waals surface area contributed by atoms with Crippen LogP contribution < -0.4 is 10.0 Å². The molecule has 2 aromatic carbocycles. The number of halogens is 1. The first-order valence-corrected chi connectivity index (χ1v) is 10.5. The van der Waals surface area contributed by atoms with E-state index in [0.717, 1.165) is 4.47 Å². The molecule has 0 aliphatic rings. The second-order valence-corrected chi connectivity index (χ2v) is 8.63. The van der Waals surface area contributed by atoms with Crippen LogP contribution in [0, 0.1) is 13.8 Å². The monoisotopic (exact) mass is 460 g/mol. The summed E-state index contributed by atoms with van der Waals surface area (Å²) in [6.07, 6.45) is 0. The molecule has 0 aliphatic carbocycles. The number of nitrogens with zero attached hydrogens (tertiary/aromatic N) is 2. The van der Waals surface area contributed by atoms with Crippen molar-refractivity contribution in [3.63, 3.8) is 0 Å². The van der Waals surface area contributed by atoms with Gasteiger partial charge < -0.3 is 5.32 Å². The Labute approximate surface area is 171 Å². The lowest BCUT2D eigenvalue weighted by atomic mass is 10.2. The lowest BCUT2D eigenvalue weighted by molar-refractivity contribution is 0.102. The summed E-state index contributed by atoms with van der Waals surface area (Å²) in [6, 6.07) is 14.4. The van der Waals surface area contributed by atoms with Gasteiger partial charge in [0.1, 0.15) is 11.6 Å². The number of sulfonamides is 1. The Morgan fingerprint density at radius 2 is 1.71 bits per heavy atom. The third-order valence-corrected chi connectivity index (χ3v) is 5.58. The lowest BCUT2D eigenvalue weighted by Gasteiger charge is -2.10. The van der Waals surface area contributed by atoms with Crippen LogP contribution in [0.4, 0.5) is 11.5 Å². The van der Waals surface area contributed by atoms with Gasteiger partial charge >= 0.3 is 0 Å². The van der Waals surface area contributed by atoms with Gasteiger partial charge in [0.2, 0.25) is 0 Å². The van der Waals surface area contributed by atoms with E-state index in [-0.39, 0.29) is 16.6 Å². The fourth-order valence-electron chi connectivity index (χ4n) is 2.52. The quantitative estimate of drug-likeness (QED) is 0.600. The van der Waals surface area contributed by atoms with E-state index in [0.29, 0.717) is 22.8 Å². The average molecular weight is 461 g/mol. The van der Waals surface area contributed by atoms with Crippen LogP contribution in [0.5, 0.6) is 0 Å². The Balaban J connectivity index is 1.75. The molecule has 9 heteroatoms. The van der Waals surface area contributed by atoms with E-state index in [2.05, 4.69) is 35.9 Å². The molecule has 0 fully saturated rings. The normalized spacial score (nSPS) is 11.1. The van der Waals surface area contributed by atoms with Crippen molar-refractivity contribution in [2.75, 3.05) is 10.0 Å². The smallest absolute Gasteiger partial charge is 0.263 e. The third-order valence-electron chi connectivity index (χ3n) is 3.71. The van der Waals surface area contributed by atoms with E-state index in [9.17, 15) is 13.2 Å². The fourth-order valence-corrected chi connectivity index (χ4v) is 3.91. The van der Waals surface area contributed by atoms with Crippen LogP contribution in [0.15, 0.2) is 64.0 Å². The summed E-state index contributed by atoms with van der Waals surface area (Å²) in [4.78, 5) is 20.5. The fraction of sp³-hybridized carbons (Fsp3) is 0.105. The summed E-state index contributed by atoms with van der Waals surface area (Å²) < 4.78 is 28.3. The summed E-state index contributed by atoms with van der Waals surface area (Å²) in [5.41, 5.74) is 1.63. The molecule has 2 N–H and O–H groups in total. The maximum absolute atomic E-state index is 12.6. The molecule has 7 nitrogen and oxygen atoms in total. The number of carbonyl (C=O) groups is 1. The van der Waals surface area contributed by atoms with E-state index in [1.165, 1.54) is 24.3 Å². The van der Waals surface area contributed by atoms with Crippen LogP contribution in [0.3, 0.4) is 0 Å². The van der Waals surface area contributed by atoms with Crippen molar-refractivity contribution >= 4 is 43.4 Å². The number of carbonyl (C=O) groups excluding carboxylic acids is 1. The van der Waals surface area contributed by atoms with Crippen LogP contribution in [0.25, 0.3) is 0 Å². The number of hydrogen-bond donors (Lipinski definition) is 2. The van der Waals surface area contributed by atoms with Crippen LogP contribution in [0.2, 0.25) is 0 Å². The number of benzene rings is 2. The first-order valence-electron chi connectivity index (χ1n) is 8.25. The molecule has 0 atom stereocenters. The number of nitrogens with one attached hydrogen (secondary N) is 2. The maximum Gasteiger partial charge on any atom is 0.263 e. The summed E-state index contributed by atoms with van der Waals surface area (Å²) in [5.74, 6) is 0.391. The van der Waals surface area contributed by atoms with Crippen molar-refractivity contribution in [2.24, 2.45) is 0 Å². The van der Waals surface area contributed by atoms with E-state index in [1.54, 1.807) is 38.1 Å². The molecule has 1 amide bonds. The molecule has 28 heavy (non-hydrogen) atoms. The van der Waals surface area contributed by atoms with Crippen molar-refractivity contribution in [1.29, 1.82) is 0 Å². The predicted octanol–water partition coefficient (Wildman–Crippen LogP) is 3.91. The van der Waals surface area contributed by atoms with Gasteiger partial charge in [-0.1, -0.05) is 22.0 Å². The minimum Gasteiger partial charge on any atom is -0.322 e. The molecule has 0 spiro atoms. The summed E-state index contributed by atoms with van der Waals surface area (Å²) in [6.45, 7) is 3.45. The zero-order chi connectivity index (χ0) is 20.3. The Kier molecular flexibility index (Phi) is 5.76. The highest BCUT2D eigenvalue weighted by atomic mass is 79.9. The Hall–Kier alpha value is -2.78. The first kappa shape index (κ1) is 20.0. The van der Waals surface area contributed by atoms with Gasteiger partial charge in [-0.15, -0.1) is 0 Å². The van der Waals surface area contributed by atoms with Gasteiger partial charge in [-0.3, -0.25) is 9.52 Å². The van der Waals surface area contributed by atoms with E-state index in [1.807, 2.05) is 6.07 Å². The van der Waals surface area contributed by atoms with Crippen LogP contribution in [-0.2, 0) is 10.0 Å². The van der Waals surface area contributed by atoms with Crippen molar-refractivity contribution in [1.82, 2.24) is 9.97 Å². The Morgan fingerprint density at radius 1 is 1.00 bits per heavy atom. The summed E-state index contributed by atoms with van der Waals surface area (Å²) >= 11 is 3.32. The minimum absolute atomic E-state index is 0.0573. The molecule has 0 bridgehead atoms. The first-order chi connectivity index (χ1) is 13.2. The lowest BCUT2D eigenvalue weighted by Crippen LogP contribution is -2.15. The van der Waals surface area contributed by atoms with Gasteiger partial charge in [0, 0.05) is 27.5 Å². The molecule has 1 heterocycles. The highest BCUT2D eigenvalue weighted by molar-refractivity contribution is 9.10. The van der Waals surface area contributed by atoms with E-state index < -0.39 is 10.0 Å². The molecule has 3 aromatic rings. The van der Waals surface area contributed by atoms with E-state index >= 15 is 0 Å². The zero-order valence-electron chi connectivity index (χ0n) is 15.1. The Bertz CT molecular complexity index is 1110. The summed E-state index contributed by atoms with van der Waals surface area (Å²) in [5, 5.41) is 2.73. The summed E-state index contributed by atoms with van der Waals surface area (Å²) in [7, 11) is -3.81. The molecule has 0 saturated carbocycles. The van der Waals surface area contributed by atoms with Crippen molar-refractivity contribution < 1.29 is 13.2 Å². The molecule has 0 saturated heterocycles. The van der Waals surface area contributed by atoms with Gasteiger partial charge in [0.15, 0.2) is 0 Å². The van der Waals surface area contributed by atoms with Crippen LogP contribution in [-0.4, -0.2) is 24.3 Å². The predicted molar refractivity (Wildman–Crippen MR) is 111 cm³/mol. The van der Waals surface area contributed by atoms with Gasteiger partial charge in [-0.2, -0.15) is 0 Å². The number of amides is 1. The SMILES string of the molecule is Cc1cc(NS(=O)(=O)c2ccc(NC(=O)c3cccc(Br)c3)cc2)nc(C)n1. The highest BCUT2D eigenvalue weighted by Crippen LogP contribution is 2.19. The largest absolute Gasteiger partial charge is 0.322 e. The molecule has 3 rings (SSSR count). The zero-order valence-corrected chi connectivity index (χ0v) is 17.5. The molecular weight excluding hydrogens is 444 g/mol. The topological polar surface area (TPSA) is 101 Å². The number of hydrogen-bond acceptors (Lipinski definition) is 5. The second-order valence-electron chi connectivity index (χ2n) is 6.04. The van der Waals surface area contributed by atoms with Crippen LogP contribution in [0.1, 0.15) is 21.9 Å². The second kappa shape index (κ2) is 8.07. The van der Waals surface area contributed by atoms with Gasteiger partial charge in [-0.05, 0) is 56.3 Å². The molecule has 1 aromatic heterocycles. The highest BCUT2D eigenvalue weighted by Gasteiger charge is 2.16.